The van der Waals surface area contributed by atoms with Crippen LogP contribution in [-0.4, -0.2) is 22.0 Å². The zero-order chi connectivity index (χ0) is 14.0. The number of carbonyl (C=O) groups is 2. The lowest BCUT2D eigenvalue weighted by Gasteiger charge is -2.05. The number of aromatic carboxylic acids is 1. The molecule has 1 aromatic heterocycles. The largest absolute Gasteiger partial charge is 0.478 e. The summed E-state index contributed by atoms with van der Waals surface area (Å²) in [5.74, 6) is -1.51. The van der Waals surface area contributed by atoms with Crippen molar-refractivity contribution in [1.82, 2.24) is 4.98 Å². The highest BCUT2D eigenvalue weighted by Gasteiger charge is 2.15. The smallest absolute Gasteiger partial charge is 0.337 e. The molecular formula is C12H9ClN2O4. The van der Waals surface area contributed by atoms with Crippen LogP contribution in [0.15, 0.2) is 29.0 Å². The highest BCUT2D eigenvalue weighted by atomic mass is 35.5. The molecule has 0 unspecified atom stereocenters. The summed E-state index contributed by atoms with van der Waals surface area (Å²) in [6, 6.07) is 4.11. The van der Waals surface area contributed by atoms with Crippen molar-refractivity contribution in [2.24, 2.45) is 0 Å². The van der Waals surface area contributed by atoms with Crippen molar-refractivity contribution < 1.29 is 19.1 Å². The van der Waals surface area contributed by atoms with Crippen LogP contribution in [-0.2, 0) is 0 Å². The molecule has 2 aromatic rings. The quantitative estimate of drug-likeness (QED) is 0.901. The summed E-state index contributed by atoms with van der Waals surface area (Å²) < 4.78 is 4.94. The number of rotatable bonds is 3. The number of carboxylic acid groups (broad SMARTS) is 1. The minimum absolute atomic E-state index is 0.0319. The fraction of sp³-hybridized carbons (Fsp3) is 0.0833. The number of nitrogens with zero attached hydrogens (tertiary/aromatic N) is 1. The minimum Gasteiger partial charge on any atom is -0.478 e. The van der Waals surface area contributed by atoms with Gasteiger partial charge in [0, 0.05) is 5.69 Å². The molecule has 0 radical (unpaired) electrons. The first-order chi connectivity index (χ1) is 8.99. The fourth-order valence-corrected chi connectivity index (χ4v) is 1.74. The van der Waals surface area contributed by atoms with Crippen LogP contribution >= 0.6 is 11.6 Å². The first-order valence-corrected chi connectivity index (χ1v) is 5.61. The standard InChI is InChI=1S/C12H9ClN2O4/c1-6-10(19-5-14-6)11(16)15-7-2-3-8(12(17)18)9(13)4-7/h2-5H,1H3,(H,15,16)(H,17,18). The molecule has 7 heteroatoms. The molecule has 0 saturated heterocycles. The Bertz CT molecular complexity index is 651. The van der Waals surface area contributed by atoms with Crippen molar-refractivity contribution in [1.29, 1.82) is 0 Å². The van der Waals surface area contributed by atoms with E-state index in [1.165, 1.54) is 24.6 Å². The molecular weight excluding hydrogens is 272 g/mol. The van der Waals surface area contributed by atoms with E-state index in [0.717, 1.165) is 0 Å². The summed E-state index contributed by atoms with van der Waals surface area (Å²) in [6.45, 7) is 1.64. The Morgan fingerprint density at radius 3 is 2.68 bits per heavy atom. The molecule has 1 aromatic carbocycles. The number of aromatic nitrogens is 1. The highest BCUT2D eigenvalue weighted by Crippen LogP contribution is 2.21. The maximum absolute atomic E-state index is 11.8. The number of carboxylic acids is 1. The number of hydrogen-bond donors (Lipinski definition) is 2. The molecule has 19 heavy (non-hydrogen) atoms. The normalized spacial score (nSPS) is 10.2. The second kappa shape index (κ2) is 5.11. The number of halogens is 1. The van der Waals surface area contributed by atoms with Gasteiger partial charge in [-0.25, -0.2) is 9.78 Å². The lowest BCUT2D eigenvalue weighted by molar-refractivity contribution is 0.0697. The Balaban J connectivity index is 2.21. The van der Waals surface area contributed by atoms with Crippen molar-refractivity contribution >= 4 is 29.2 Å². The number of oxazole rings is 1. The third-order valence-corrected chi connectivity index (χ3v) is 2.72. The molecule has 0 atom stereocenters. The molecule has 0 fully saturated rings. The van der Waals surface area contributed by atoms with Gasteiger partial charge in [-0.1, -0.05) is 11.6 Å². The van der Waals surface area contributed by atoms with Gasteiger partial charge in [-0.3, -0.25) is 4.79 Å². The third-order valence-electron chi connectivity index (χ3n) is 2.41. The van der Waals surface area contributed by atoms with Crippen LogP contribution in [0.3, 0.4) is 0 Å². The predicted molar refractivity (Wildman–Crippen MR) is 67.6 cm³/mol. The second-order valence-corrected chi connectivity index (χ2v) is 4.13. The van der Waals surface area contributed by atoms with Gasteiger partial charge in [0.25, 0.3) is 5.91 Å². The maximum Gasteiger partial charge on any atom is 0.337 e. The van der Waals surface area contributed by atoms with Crippen LogP contribution in [0.2, 0.25) is 5.02 Å². The Labute approximate surface area is 113 Å². The van der Waals surface area contributed by atoms with E-state index in [1.807, 2.05) is 0 Å². The summed E-state index contributed by atoms with van der Waals surface area (Å²) in [5, 5.41) is 11.4. The molecule has 0 aliphatic rings. The van der Waals surface area contributed by atoms with Crippen LogP contribution in [0.25, 0.3) is 0 Å². The van der Waals surface area contributed by atoms with Crippen molar-refractivity contribution in [2.45, 2.75) is 6.92 Å². The number of benzene rings is 1. The van der Waals surface area contributed by atoms with Gasteiger partial charge in [0.15, 0.2) is 6.39 Å². The Kier molecular flexibility index (Phi) is 3.52. The fourth-order valence-electron chi connectivity index (χ4n) is 1.47. The van der Waals surface area contributed by atoms with Crippen molar-refractivity contribution in [3.05, 3.63) is 46.6 Å². The summed E-state index contributed by atoms with van der Waals surface area (Å²) in [5.41, 5.74) is 0.803. The lowest BCUT2D eigenvalue weighted by atomic mass is 10.2. The molecule has 1 amide bonds. The van der Waals surface area contributed by atoms with Gasteiger partial charge in [0.2, 0.25) is 5.76 Å². The van der Waals surface area contributed by atoms with E-state index in [-0.39, 0.29) is 16.3 Å². The molecule has 1 heterocycles. The summed E-state index contributed by atoms with van der Waals surface area (Å²) in [4.78, 5) is 26.4. The number of hydrogen-bond acceptors (Lipinski definition) is 4. The third kappa shape index (κ3) is 2.74. The van der Waals surface area contributed by atoms with Crippen molar-refractivity contribution in [3.8, 4) is 0 Å². The molecule has 2 N–H and O–H groups in total. The maximum atomic E-state index is 11.8. The lowest BCUT2D eigenvalue weighted by Crippen LogP contribution is -2.12. The van der Waals surface area contributed by atoms with E-state index < -0.39 is 11.9 Å². The molecule has 0 aliphatic carbocycles. The van der Waals surface area contributed by atoms with Gasteiger partial charge in [0.1, 0.15) is 0 Å². The predicted octanol–water partition coefficient (Wildman–Crippen LogP) is 2.59. The molecule has 0 bridgehead atoms. The topological polar surface area (TPSA) is 92.4 Å². The first-order valence-electron chi connectivity index (χ1n) is 5.23. The van der Waals surface area contributed by atoms with Gasteiger partial charge in [-0.15, -0.1) is 0 Å². The average Bonchev–Trinajstić information content (AvgIpc) is 2.75. The number of nitrogens with one attached hydrogen (secondary N) is 1. The molecule has 6 nitrogen and oxygen atoms in total. The number of amides is 1. The first kappa shape index (κ1) is 13.1. The molecule has 98 valence electrons. The van der Waals surface area contributed by atoms with Gasteiger partial charge in [-0.05, 0) is 25.1 Å². The Morgan fingerprint density at radius 2 is 2.16 bits per heavy atom. The summed E-state index contributed by atoms with van der Waals surface area (Å²) >= 11 is 5.80. The van der Waals surface area contributed by atoms with E-state index in [4.69, 9.17) is 21.1 Å². The van der Waals surface area contributed by atoms with Crippen molar-refractivity contribution in [2.75, 3.05) is 5.32 Å². The van der Waals surface area contributed by atoms with Crippen LogP contribution in [0.1, 0.15) is 26.6 Å². The zero-order valence-corrected chi connectivity index (χ0v) is 10.6. The zero-order valence-electron chi connectivity index (χ0n) is 9.81. The van der Waals surface area contributed by atoms with Crippen LogP contribution in [0.5, 0.6) is 0 Å². The highest BCUT2D eigenvalue weighted by molar-refractivity contribution is 6.33. The minimum atomic E-state index is -1.13. The van der Waals surface area contributed by atoms with Crippen LogP contribution in [0, 0.1) is 6.92 Å². The van der Waals surface area contributed by atoms with Crippen molar-refractivity contribution in [3.63, 3.8) is 0 Å². The van der Waals surface area contributed by atoms with E-state index >= 15 is 0 Å². The molecule has 0 aliphatic heterocycles. The second-order valence-electron chi connectivity index (χ2n) is 3.72. The molecule has 2 rings (SSSR count). The summed E-state index contributed by atoms with van der Waals surface area (Å²) in [7, 11) is 0. The van der Waals surface area contributed by atoms with E-state index in [9.17, 15) is 9.59 Å². The van der Waals surface area contributed by atoms with Gasteiger partial charge in [-0.2, -0.15) is 0 Å². The van der Waals surface area contributed by atoms with Gasteiger partial charge >= 0.3 is 5.97 Å². The molecule has 0 saturated carbocycles. The SMILES string of the molecule is Cc1ncoc1C(=O)Nc1ccc(C(=O)O)c(Cl)c1. The van der Waals surface area contributed by atoms with Crippen LogP contribution in [0.4, 0.5) is 5.69 Å². The van der Waals surface area contributed by atoms with E-state index in [2.05, 4.69) is 10.3 Å². The molecule has 0 spiro atoms. The van der Waals surface area contributed by atoms with Crippen LogP contribution < -0.4 is 5.32 Å². The van der Waals surface area contributed by atoms with E-state index in [1.54, 1.807) is 6.92 Å². The monoisotopic (exact) mass is 280 g/mol. The van der Waals surface area contributed by atoms with Gasteiger partial charge in [0.05, 0.1) is 16.3 Å². The summed E-state index contributed by atoms with van der Waals surface area (Å²) in [6.07, 6.45) is 1.17. The van der Waals surface area contributed by atoms with E-state index in [0.29, 0.717) is 11.4 Å². The number of anilines is 1. The van der Waals surface area contributed by atoms with Gasteiger partial charge < -0.3 is 14.8 Å². The number of aryl methyl sites for hydroxylation is 1. The average molecular weight is 281 g/mol. The Morgan fingerprint density at radius 1 is 1.42 bits per heavy atom. The Hall–Kier alpha value is -2.34. The number of carbonyl (C=O) groups excluding carboxylic acids is 1.